The largest absolute Gasteiger partial charge is 0.317 e. The molecule has 0 atom stereocenters. The van der Waals surface area contributed by atoms with E-state index in [9.17, 15) is 9.18 Å². The van der Waals surface area contributed by atoms with Crippen LogP contribution >= 0.6 is 34.3 Å². The zero-order valence-corrected chi connectivity index (χ0v) is 14.8. The molecule has 0 spiro atoms. The van der Waals surface area contributed by atoms with E-state index in [0.29, 0.717) is 20.2 Å². The summed E-state index contributed by atoms with van der Waals surface area (Å²) in [6, 6.07) is 12.4. The Balaban J connectivity index is 1.88. The van der Waals surface area contributed by atoms with E-state index < -0.39 is 5.91 Å². The Bertz CT molecular complexity index is 1170. The fourth-order valence-electron chi connectivity index (χ4n) is 2.55. The van der Waals surface area contributed by atoms with Crippen molar-refractivity contribution in [2.45, 2.75) is 0 Å². The lowest BCUT2D eigenvalue weighted by atomic mass is 10.2. The number of aromatic nitrogens is 1. The van der Waals surface area contributed by atoms with E-state index >= 15 is 0 Å². The van der Waals surface area contributed by atoms with Crippen LogP contribution in [-0.4, -0.2) is 10.5 Å². The molecular formula is C17H10ClFN2OS2. The van der Waals surface area contributed by atoms with Crippen LogP contribution in [0.25, 0.3) is 20.3 Å². The fraction of sp³-hybridized carbons (Fsp3) is 0.0588. The van der Waals surface area contributed by atoms with Gasteiger partial charge in [0.2, 0.25) is 0 Å². The molecule has 2 aromatic carbocycles. The predicted octanol–water partition coefficient (Wildman–Crippen LogP) is 4.99. The number of hydrogen-bond donors (Lipinski definition) is 0. The average molecular weight is 377 g/mol. The van der Waals surface area contributed by atoms with E-state index in [0.717, 1.165) is 14.8 Å². The summed E-state index contributed by atoms with van der Waals surface area (Å²) in [5, 5.41) is 1.26. The van der Waals surface area contributed by atoms with Crippen molar-refractivity contribution in [2.24, 2.45) is 12.0 Å². The highest BCUT2D eigenvalue weighted by molar-refractivity contribution is 7.21. The van der Waals surface area contributed by atoms with E-state index in [1.165, 1.54) is 28.7 Å². The molecular weight excluding hydrogens is 367 g/mol. The van der Waals surface area contributed by atoms with Gasteiger partial charge in [0.05, 0.1) is 15.2 Å². The highest BCUT2D eigenvalue weighted by Gasteiger charge is 2.17. The first-order valence-corrected chi connectivity index (χ1v) is 9.07. The van der Waals surface area contributed by atoms with Gasteiger partial charge in [-0.05, 0) is 18.2 Å². The Labute approximate surface area is 149 Å². The Hall–Kier alpha value is -2.02. The first kappa shape index (κ1) is 15.5. The number of thiophene rings is 1. The number of benzene rings is 2. The molecule has 0 saturated heterocycles. The number of para-hydroxylation sites is 1. The highest BCUT2D eigenvalue weighted by Crippen LogP contribution is 2.35. The smallest absolute Gasteiger partial charge is 0.291 e. The molecule has 0 unspecified atom stereocenters. The van der Waals surface area contributed by atoms with Crippen molar-refractivity contribution >= 4 is 60.5 Å². The van der Waals surface area contributed by atoms with Crippen LogP contribution in [-0.2, 0) is 7.05 Å². The Kier molecular flexibility index (Phi) is 3.75. The minimum Gasteiger partial charge on any atom is -0.317 e. The molecule has 0 aliphatic heterocycles. The lowest BCUT2D eigenvalue weighted by molar-refractivity contribution is 0.100. The quantitative estimate of drug-likeness (QED) is 0.461. The molecule has 0 fully saturated rings. The number of fused-ring (bicyclic) bond motifs is 2. The minimum absolute atomic E-state index is 0.333. The van der Waals surface area contributed by atoms with Crippen LogP contribution < -0.4 is 4.80 Å². The lowest BCUT2D eigenvalue weighted by Gasteiger charge is -1.96. The molecule has 3 nitrogen and oxygen atoms in total. The van der Waals surface area contributed by atoms with Crippen LogP contribution in [0.5, 0.6) is 0 Å². The van der Waals surface area contributed by atoms with Gasteiger partial charge in [0, 0.05) is 17.1 Å². The van der Waals surface area contributed by atoms with E-state index in [1.54, 1.807) is 23.7 Å². The van der Waals surface area contributed by atoms with Crippen molar-refractivity contribution in [3.05, 3.63) is 63.0 Å². The van der Waals surface area contributed by atoms with Gasteiger partial charge >= 0.3 is 0 Å². The molecule has 7 heteroatoms. The highest BCUT2D eigenvalue weighted by atomic mass is 35.5. The van der Waals surface area contributed by atoms with Gasteiger partial charge in [-0.15, -0.1) is 11.3 Å². The average Bonchev–Trinajstić information content (AvgIpc) is 3.07. The molecule has 0 N–H and O–H groups in total. The number of carbonyl (C=O) groups is 1. The Morgan fingerprint density at radius 3 is 2.62 bits per heavy atom. The summed E-state index contributed by atoms with van der Waals surface area (Å²) in [5.41, 5.74) is 0.441. The zero-order chi connectivity index (χ0) is 16.8. The topological polar surface area (TPSA) is 34.4 Å². The van der Waals surface area contributed by atoms with Gasteiger partial charge in [0.1, 0.15) is 10.7 Å². The third-order valence-electron chi connectivity index (χ3n) is 3.70. The third-order valence-corrected chi connectivity index (χ3v) is 6.46. The summed E-state index contributed by atoms with van der Waals surface area (Å²) in [5.74, 6) is -0.746. The molecule has 0 radical (unpaired) electrons. The first-order chi connectivity index (χ1) is 11.6. The lowest BCUT2D eigenvalue weighted by Crippen LogP contribution is -2.13. The van der Waals surface area contributed by atoms with Crippen molar-refractivity contribution in [3.63, 3.8) is 0 Å². The molecule has 2 aromatic heterocycles. The number of aryl methyl sites for hydroxylation is 1. The molecule has 2 heterocycles. The van der Waals surface area contributed by atoms with Crippen LogP contribution in [0.4, 0.5) is 4.39 Å². The molecule has 120 valence electrons. The summed E-state index contributed by atoms with van der Waals surface area (Å²) in [4.78, 5) is 17.6. The summed E-state index contributed by atoms with van der Waals surface area (Å²) in [6.07, 6.45) is 0. The van der Waals surface area contributed by atoms with E-state index in [1.807, 2.05) is 24.3 Å². The second-order valence-electron chi connectivity index (χ2n) is 5.19. The van der Waals surface area contributed by atoms with Gasteiger partial charge in [0.25, 0.3) is 5.91 Å². The third kappa shape index (κ3) is 2.38. The molecule has 24 heavy (non-hydrogen) atoms. The first-order valence-electron chi connectivity index (χ1n) is 7.06. The Morgan fingerprint density at radius 1 is 1.12 bits per heavy atom. The SMILES string of the molecule is Cn1c(=NC(=O)c2sc3ccccc3c2Cl)sc2cccc(F)c21. The molecule has 0 bridgehead atoms. The zero-order valence-electron chi connectivity index (χ0n) is 12.4. The number of hydrogen-bond acceptors (Lipinski definition) is 3. The van der Waals surface area contributed by atoms with Crippen LogP contribution in [0, 0.1) is 5.82 Å². The molecule has 0 saturated carbocycles. The molecule has 4 aromatic rings. The van der Waals surface area contributed by atoms with Gasteiger partial charge in [-0.3, -0.25) is 4.79 Å². The van der Waals surface area contributed by atoms with Crippen LogP contribution in [0.1, 0.15) is 9.67 Å². The van der Waals surface area contributed by atoms with Gasteiger partial charge in [-0.1, -0.05) is 47.2 Å². The molecule has 4 rings (SSSR count). The number of halogens is 2. The molecule has 0 aliphatic rings. The van der Waals surface area contributed by atoms with Gasteiger partial charge in [-0.2, -0.15) is 4.99 Å². The second kappa shape index (κ2) is 5.81. The number of amides is 1. The van der Waals surface area contributed by atoms with Crippen molar-refractivity contribution in [1.82, 2.24) is 4.57 Å². The van der Waals surface area contributed by atoms with Gasteiger partial charge < -0.3 is 4.57 Å². The predicted molar refractivity (Wildman–Crippen MR) is 97.5 cm³/mol. The van der Waals surface area contributed by atoms with Crippen LogP contribution in [0.2, 0.25) is 5.02 Å². The maximum absolute atomic E-state index is 14.0. The fourth-order valence-corrected chi connectivity index (χ4v) is 4.98. The van der Waals surface area contributed by atoms with Crippen molar-refractivity contribution in [1.29, 1.82) is 0 Å². The van der Waals surface area contributed by atoms with E-state index in [4.69, 9.17) is 11.6 Å². The monoisotopic (exact) mass is 376 g/mol. The summed E-state index contributed by atoms with van der Waals surface area (Å²) in [7, 11) is 1.69. The maximum atomic E-state index is 14.0. The van der Waals surface area contributed by atoms with Crippen LogP contribution in [0.15, 0.2) is 47.5 Å². The van der Waals surface area contributed by atoms with Crippen molar-refractivity contribution in [2.75, 3.05) is 0 Å². The summed E-state index contributed by atoms with van der Waals surface area (Å²) < 4.78 is 17.2. The number of thiazole rings is 1. The second-order valence-corrected chi connectivity index (χ2v) is 7.63. The van der Waals surface area contributed by atoms with Crippen LogP contribution in [0.3, 0.4) is 0 Å². The van der Waals surface area contributed by atoms with E-state index in [-0.39, 0.29) is 5.82 Å². The minimum atomic E-state index is -0.413. The van der Waals surface area contributed by atoms with E-state index in [2.05, 4.69) is 4.99 Å². The van der Waals surface area contributed by atoms with Crippen molar-refractivity contribution < 1.29 is 9.18 Å². The number of nitrogens with zero attached hydrogens (tertiary/aromatic N) is 2. The van der Waals surface area contributed by atoms with Crippen molar-refractivity contribution in [3.8, 4) is 0 Å². The number of rotatable bonds is 1. The number of carbonyl (C=O) groups excluding carboxylic acids is 1. The Morgan fingerprint density at radius 2 is 1.88 bits per heavy atom. The summed E-state index contributed by atoms with van der Waals surface area (Å²) in [6.45, 7) is 0. The van der Waals surface area contributed by atoms with Gasteiger partial charge in [-0.25, -0.2) is 4.39 Å². The molecule has 1 amide bonds. The summed E-state index contributed by atoms with van der Waals surface area (Å²) >= 11 is 8.91. The molecule has 0 aliphatic carbocycles. The normalized spacial score (nSPS) is 12.4. The standard InChI is InChI=1S/C17H10ClFN2OS2/c1-21-14-10(19)6-4-8-12(14)24-17(21)20-16(22)15-13(18)9-5-2-3-7-11(9)23-15/h2-8H,1H3. The van der Waals surface area contributed by atoms with Gasteiger partial charge in [0.15, 0.2) is 4.80 Å². The maximum Gasteiger partial charge on any atom is 0.291 e.